The van der Waals surface area contributed by atoms with Crippen LogP contribution in [-0.4, -0.2) is 37.2 Å². The monoisotopic (exact) mass is 977 g/mol. The molecular weight excluding hydrogens is 865 g/mol. The van der Waals surface area contributed by atoms with E-state index in [1.165, 1.54) is 173 Å². The summed E-state index contributed by atoms with van der Waals surface area (Å²) in [7, 11) is 0. The quantitative estimate of drug-likeness (QED) is 0.0261. The second-order valence-corrected chi connectivity index (χ2v) is 19.9. The van der Waals surface area contributed by atoms with Crippen molar-refractivity contribution in [1.82, 2.24) is 0 Å². The molecule has 70 heavy (non-hydrogen) atoms. The maximum Gasteiger partial charge on any atom is 0.306 e. The summed E-state index contributed by atoms with van der Waals surface area (Å²) in [5.41, 5.74) is 0. The number of ether oxygens (including phenoxy) is 3. The minimum absolute atomic E-state index is 0.0994. The van der Waals surface area contributed by atoms with E-state index in [0.717, 1.165) is 77.0 Å². The van der Waals surface area contributed by atoms with Crippen LogP contribution in [0, 0.1) is 0 Å². The molecule has 1 unspecified atom stereocenters. The molecule has 404 valence electrons. The summed E-state index contributed by atoms with van der Waals surface area (Å²) in [5.74, 6) is -0.985. The summed E-state index contributed by atoms with van der Waals surface area (Å²) in [6.45, 7) is 6.47. The number of esters is 3. The molecule has 6 heteroatoms. The molecule has 0 fully saturated rings. The lowest BCUT2D eigenvalue weighted by Crippen LogP contribution is -2.30. The summed E-state index contributed by atoms with van der Waals surface area (Å²) in [4.78, 5) is 38.1. The fourth-order valence-corrected chi connectivity index (χ4v) is 8.45. The number of unbranched alkanes of at least 4 members (excludes halogenated alkanes) is 31. The topological polar surface area (TPSA) is 78.9 Å². The van der Waals surface area contributed by atoms with Gasteiger partial charge in [0.15, 0.2) is 6.10 Å². The van der Waals surface area contributed by atoms with Gasteiger partial charge in [0.25, 0.3) is 0 Å². The molecule has 0 aliphatic heterocycles. The van der Waals surface area contributed by atoms with Crippen LogP contribution in [0.1, 0.15) is 297 Å². The van der Waals surface area contributed by atoms with E-state index in [4.69, 9.17) is 14.2 Å². The third-order valence-electron chi connectivity index (χ3n) is 12.9. The highest BCUT2D eigenvalue weighted by atomic mass is 16.6. The Morgan fingerprint density at radius 2 is 0.586 bits per heavy atom. The van der Waals surface area contributed by atoms with Crippen LogP contribution in [0.4, 0.5) is 0 Å². The average Bonchev–Trinajstić information content (AvgIpc) is 3.36. The summed E-state index contributed by atoms with van der Waals surface area (Å²) >= 11 is 0. The molecule has 1 atom stereocenters. The molecule has 0 aromatic rings. The van der Waals surface area contributed by atoms with Gasteiger partial charge in [-0.3, -0.25) is 14.4 Å². The molecule has 0 amide bonds. The first kappa shape index (κ1) is 66.9. The zero-order chi connectivity index (χ0) is 50.7. The van der Waals surface area contributed by atoms with Crippen LogP contribution in [0.3, 0.4) is 0 Å². The molecule has 6 nitrogen and oxygen atoms in total. The number of hydrogen-bond acceptors (Lipinski definition) is 6. The van der Waals surface area contributed by atoms with Crippen LogP contribution in [0.15, 0.2) is 72.9 Å². The molecule has 0 aliphatic carbocycles. The smallest absolute Gasteiger partial charge is 0.306 e. The lowest BCUT2D eigenvalue weighted by molar-refractivity contribution is -0.166. The van der Waals surface area contributed by atoms with E-state index in [1.54, 1.807) is 0 Å². The first-order valence-corrected chi connectivity index (χ1v) is 29.9. The van der Waals surface area contributed by atoms with Crippen molar-refractivity contribution < 1.29 is 28.6 Å². The Hall–Kier alpha value is -3.15. The molecule has 0 bridgehead atoms. The predicted octanol–water partition coefficient (Wildman–Crippen LogP) is 20.2. The summed E-state index contributed by atoms with van der Waals surface area (Å²) in [6, 6.07) is 0. The Balaban J connectivity index is 4.29. The Labute approximate surface area is 433 Å². The molecule has 0 heterocycles. The van der Waals surface area contributed by atoms with Gasteiger partial charge in [0, 0.05) is 19.3 Å². The van der Waals surface area contributed by atoms with E-state index in [9.17, 15) is 14.4 Å². The van der Waals surface area contributed by atoms with E-state index in [1.807, 2.05) is 6.08 Å². The maximum absolute atomic E-state index is 12.8. The number of allylic oxidation sites excluding steroid dienone is 12. The van der Waals surface area contributed by atoms with Gasteiger partial charge in [0.2, 0.25) is 0 Å². The fraction of sp³-hybridized carbons (Fsp3) is 0.766. The van der Waals surface area contributed by atoms with Crippen molar-refractivity contribution >= 4 is 17.9 Å². The van der Waals surface area contributed by atoms with Gasteiger partial charge >= 0.3 is 17.9 Å². The molecule has 0 aromatic heterocycles. The Bertz CT molecular complexity index is 1310. The van der Waals surface area contributed by atoms with Crippen molar-refractivity contribution in [2.45, 2.75) is 303 Å². The minimum atomic E-state index is -0.808. The van der Waals surface area contributed by atoms with Gasteiger partial charge in [-0.1, -0.05) is 254 Å². The van der Waals surface area contributed by atoms with Crippen LogP contribution < -0.4 is 0 Å². The number of carbonyl (C=O) groups excluding carboxylic acids is 3. The Morgan fingerprint density at radius 3 is 0.957 bits per heavy atom. The first-order chi connectivity index (χ1) is 34.5. The van der Waals surface area contributed by atoms with Crippen LogP contribution in [0.5, 0.6) is 0 Å². The first-order valence-electron chi connectivity index (χ1n) is 29.9. The average molecular weight is 978 g/mol. The molecule has 0 spiro atoms. The van der Waals surface area contributed by atoms with Gasteiger partial charge in [-0.15, -0.1) is 0 Å². The van der Waals surface area contributed by atoms with Crippen molar-refractivity contribution in [3.63, 3.8) is 0 Å². The summed E-state index contributed by atoms with van der Waals surface area (Å²) in [5, 5.41) is 0. The van der Waals surface area contributed by atoms with Gasteiger partial charge < -0.3 is 14.2 Å². The standard InChI is InChI=1S/C64H112O6/c1-4-7-10-13-16-19-22-25-27-28-29-30-31-32-33-34-35-36-37-40-42-45-48-51-54-57-63(66)69-60-61(59-68-62(65)56-53-50-47-44-41-38-24-21-18-15-12-9-6-3)70-64(67)58-55-52-49-46-43-39-26-23-20-17-14-11-8-5-2/h9,12,18,21,23,26,28-29,38,41,47,50,61H,4-8,10-11,13-17,19-20,22,24-25,27,30-37,39-40,42-46,48-49,51-60H2,1-3H3/b12-9-,21-18-,26-23-,29-28-,41-38-,50-47-. The highest BCUT2D eigenvalue weighted by molar-refractivity contribution is 5.71. The van der Waals surface area contributed by atoms with Crippen LogP contribution in [0.25, 0.3) is 0 Å². The van der Waals surface area contributed by atoms with Crippen molar-refractivity contribution in [2.75, 3.05) is 13.2 Å². The lowest BCUT2D eigenvalue weighted by atomic mass is 10.0. The van der Waals surface area contributed by atoms with E-state index in [0.29, 0.717) is 19.3 Å². The fourth-order valence-electron chi connectivity index (χ4n) is 8.45. The van der Waals surface area contributed by atoms with Crippen LogP contribution >= 0.6 is 0 Å². The van der Waals surface area contributed by atoms with Gasteiger partial charge in [-0.25, -0.2) is 0 Å². The number of carbonyl (C=O) groups is 3. The second kappa shape index (κ2) is 58.4. The van der Waals surface area contributed by atoms with E-state index in [-0.39, 0.29) is 37.5 Å². The Kier molecular flexibility index (Phi) is 55.8. The van der Waals surface area contributed by atoms with Crippen molar-refractivity contribution in [2.24, 2.45) is 0 Å². The molecule has 0 saturated carbocycles. The van der Waals surface area contributed by atoms with E-state index in [2.05, 4.69) is 87.6 Å². The van der Waals surface area contributed by atoms with Gasteiger partial charge in [0.05, 0.1) is 0 Å². The number of rotatable bonds is 54. The molecule has 0 saturated heterocycles. The molecule has 0 N–H and O–H groups in total. The molecule has 0 aliphatic rings. The van der Waals surface area contributed by atoms with Gasteiger partial charge in [-0.05, 0) is 96.3 Å². The van der Waals surface area contributed by atoms with Gasteiger partial charge in [-0.2, -0.15) is 0 Å². The predicted molar refractivity (Wildman–Crippen MR) is 302 cm³/mol. The zero-order valence-corrected chi connectivity index (χ0v) is 46.3. The lowest BCUT2D eigenvalue weighted by Gasteiger charge is -2.18. The van der Waals surface area contributed by atoms with Crippen LogP contribution in [-0.2, 0) is 28.6 Å². The van der Waals surface area contributed by atoms with Crippen molar-refractivity contribution in [3.05, 3.63) is 72.9 Å². The highest BCUT2D eigenvalue weighted by Crippen LogP contribution is 2.16. The summed E-state index contributed by atoms with van der Waals surface area (Å²) in [6.07, 6.45) is 75.0. The SMILES string of the molecule is CC/C=C\C/C=C\C/C=C\C/C=C\CCC(=O)OCC(COC(=O)CCCCCCCCCCCCCCC/C=C\CCCCCCCCCC)OC(=O)CCCCCCC/C=C\CCCCCCC. The summed E-state index contributed by atoms with van der Waals surface area (Å²) < 4.78 is 16.8. The maximum atomic E-state index is 12.8. The largest absolute Gasteiger partial charge is 0.462 e. The minimum Gasteiger partial charge on any atom is -0.462 e. The highest BCUT2D eigenvalue weighted by Gasteiger charge is 2.19. The van der Waals surface area contributed by atoms with E-state index >= 15 is 0 Å². The second-order valence-electron chi connectivity index (χ2n) is 19.9. The molecular formula is C64H112O6. The normalized spacial score (nSPS) is 12.6. The molecule has 0 aromatic carbocycles. The van der Waals surface area contributed by atoms with Crippen LogP contribution in [0.2, 0.25) is 0 Å². The third kappa shape index (κ3) is 55.8. The van der Waals surface area contributed by atoms with Gasteiger partial charge in [0.1, 0.15) is 13.2 Å². The zero-order valence-electron chi connectivity index (χ0n) is 46.3. The third-order valence-corrected chi connectivity index (χ3v) is 12.9. The van der Waals surface area contributed by atoms with Crippen molar-refractivity contribution in [3.8, 4) is 0 Å². The molecule has 0 radical (unpaired) electrons. The Morgan fingerprint density at radius 1 is 0.300 bits per heavy atom. The number of hydrogen-bond donors (Lipinski definition) is 0. The molecule has 0 rings (SSSR count). The van der Waals surface area contributed by atoms with Crippen molar-refractivity contribution in [1.29, 1.82) is 0 Å². The van der Waals surface area contributed by atoms with E-state index < -0.39 is 6.10 Å².